The first-order valence-corrected chi connectivity index (χ1v) is 8.07. The van der Waals surface area contributed by atoms with Crippen molar-refractivity contribution in [3.63, 3.8) is 0 Å². The first-order valence-electron chi connectivity index (χ1n) is 6.59. The second kappa shape index (κ2) is 6.34. The number of hydrogen-bond donors (Lipinski definition) is 1. The van der Waals surface area contributed by atoms with E-state index in [-0.39, 0.29) is 10.8 Å². The number of carbonyl (C=O) groups is 1. The fourth-order valence-electron chi connectivity index (χ4n) is 1.85. The van der Waals surface area contributed by atoms with Crippen LogP contribution >= 0.6 is 0 Å². The van der Waals surface area contributed by atoms with Crippen LogP contribution in [0.2, 0.25) is 0 Å². The van der Waals surface area contributed by atoms with Crippen LogP contribution in [0.5, 0.6) is 0 Å². The molecule has 0 bridgehead atoms. The van der Waals surface area contributed by atoms with E-state index < -0.39 is 10.0 Å². The lowest BCUT2D eigenvalue weighted by molar-refractivity contribution is -0.0768. The minimum Gasteiger partial charge on any atom is -0.271 e. The van der Waals surface area contributed by atoms with Crippen molar-refractivity contribution in [1.82, 2.24) is 9.79 Å². The molecular weight excluding hydrogens is 280 g/mol. The van der Waals surface area contributed by atoms with Gasteiger partial charge in [0.05, 0.1) is 18.0 Å². The highest BCUT2D eigenvalue weighted by atomic mass is 32.2. The summed E-state index contributed by atoms with van der Waals surface area (Å²) in [6.07, 6.45) is 1.54. The van der Waals surface area contributed by atoms with Gasteiger partial charge >= 0.3 is 0 Å². The summed E-state index contributed by atoms with van der Waals surface area (Å²) < 4.78 is 26.3. The van der Waals surface area contributed by atoms with Crippen molar-refractivity contribution < 1.29 is 18.0 Å². The number of sulfonamides is 1. The molecular formula is C13H18N2O4S. The van der Waals surface area contributed by atoms with Crippen molar-refractivity contribution in [3.8, 4) is 0 Å². The van der Waals surface area contributed by atoms with Crippen LogP contribution in [0.3, 0.4) is 0 Å². The lowest BCUT2D eigenvalue weighted by Gasteiger charge is -2.14. The number of nitrogens with one attached hydrogen (secondary N) is 1. The van der Waals surface area contributed by atoms with Gasteiger partial charge in [0.1, 0.15) is 0 Å². The Morgan fingerprint density at radius 3 is 2.60 bits per heavy atom. The molecule has 1 fully saturated rings. The quantitative estimate of drug-likeness (QED) is 0.885. The van der Waals surface area contributed by atoms with Crippen molar-refractivity contribution in [2.45, 2.75) is 24.7 Å². The molecule has 1 heterocycles. The van der Waals surface area contributed by atoms with Gasteiger partial charge in [-0.1, -0.05) is 6.92 Å². The van der Waals surface area contributed by atoms with Crippen molar-refractivity contribution in [2.75, 3.05) is 19.7 Å². The van der Waals surface area contributed by atoms with Crippen LogP contribution in [0.1, 0.15) is 30.1 Å². The monoisotopic (exact) mass is 298 g/mol. The Morgan fingerprint density at radius 2 is 2.05 bits per heavy atom. The smallest absolute Gasteiger partial charge is 0.271 e. The largest absolute Gasteiger partial charge is 0.277 e. The fraction of sp³-hybridized carbons (Fsp3) is 0.462. The summed E-state index contributed by atoms with van der Waals surface area (Å²) >= 11 is 0. The molecule has 0 saturated carbocycles. The predicted molar refractivity (Wildman–Crippen MR) is 73.5 cm³/mol. The van der Waals surface area contributed by atoms with Gasteiger partial charge in [0.25, 0.3) is 5.91 Å². The van der Waals surface area contributed by atoms with E-state index in [9.17, 15) is 13.2 Å². The normalized spacial score (nSPS) is 15.6. The molecule has 1 N–H and O–H groups in total. The summed E-state index contributed by atoms with van der Waals surface area (Å²) in [6, 6.07) is 5.87. The van der Waals surface area contributed by atoms with E-state index in [0.717, 1.165) is 12.8 Å². The third kappa shape index (κ3) is 3.36. The fourth-order valence-corrected chi connectivity index (χ4v) is 2.98. The number of carbonyl (C=O) groups excluding carboxylic acids is 1. The summed E-state index contributed by atoms with van der Waals surface area (Å²) in [5, 5.41) is 1.30. The first-order chi connectivity index (χ1) is 9.54. The molecule has 2 rings (SSSR count). The van der Waals surface area contributed by atoms with E-state index in [1.807, 2.05) is 6.92 Å². The molecule has 0 aliphatic carbocycles. The maximum absolute atomic E-state index is 12.0. The lowest BCUT2D eigenvalue weighted by atomic mass is 10.2. The molecule has 1 saturated heterocycles. The summed E-state index contributed by atoms with van der Waals surface area (Å²) in [7, 11) is -3.49. The zero-order valence-electron chi connectivity index (χ0n) is 11.3. The molecule has 0 unspecified atom stereocenters. The number of amides is 1. The first kappa shape index (κ1) is 15.0. The molecule has 1 aromatic rings. The Kier molecular flexibility index (Phi) is 4.74. The van der Waals surface area contributed by atoms with Crippen molar-refractivity contribution in [2.24, 2.45) is 0 Å². The lowest BCUT2D eigenvalue weighted by Crippen LogP contribution is -2.27. The number of hydroxylamine groups is 2. The summed E-state index contributed by atoms with van der Waals surface area (Å²) in [4.78, 5) is 17.3. The van der Waals surface area contributed by atoms with Gasteiger partial charge in [0.15, 0.2) is 0 Å². The van der Waals surface area contributed by atoms with Crippen LogP contribution in [-0.2, 0) is 14.9 Å². The van der Waals surface area contributed by atoms with Crippen LogP contribution in [0.4, 0.5) is 0 Å². The molecule has 0 atom stereocenters. The molecule has 6 nitrogen and oxygen atoms in total. The Bertz CT molecular complexity index is 563. The van der Waals surface area contributed by atoms with Gasteiger partial charge in [-0.25, -0.2) is 18.2 Å². The Morgan fingerprint density at radius 1 is 1.35 bits per heavy atom. The molecule has 1 aliphatic rings. The third-order valence-corrected chi connectivity index (χ3v) is 4.41. The molecule has 20 heavy (non-hydrogen) atoms. The van der Waals surface area contributed by atoms with Gasteiger partial charge < -0.3 is 0 Å². The SMILES string of the molecule is CCCNS(=O)(=O)c1ccc(C(=O)N2CCCO2)cc1. The van der Waals surface area contributed by atoms with Crippen molar-refractivity contribution >= 4 is 15.9 Å². The zero-order chi connectivity index (χ0) is 14.6. The molecule has 0 aromatic heterocycles. The average molecular weight is 298 g/mol. The second-order valence-corrected chi connectivity index (χ2v) is 6.28. The Hall–Kier alpha value is -1.44. The number of nitrogens with zero attached hydrogens (tertiary/aromatic N) is 1. The van der Waals surface area contributed by atoms with E-state index in [2.05, 4.69) is 4.72 Å². The molecule has 1 aliphatic heterocycles. The van der Waals surface area contributed by atoms with E-state index in [0.29, 0.717) is 25.3 Å². The summed E-state index contributed by atoms with van der Waals surface area (Å²) in [5.41, 5.74) is 0.418. The maximum atomic E-state index is 12.0. The molecule has 7 heteroatoms. The van der Waals surface area contributed by atoms with Crippen LogP contribution in [0, 0.1) is 0 Å². The van der Waals surface area contributed by atoms with Crippen LogP contribution in [0.15, 0.2) is 29.2 Å². The van der Waals surface area contributed by atoms with Gasteiger partial charge in [0, 0.05) is 12.1 Å². The van der Waals surface area contributed by atoms with Gasteiger partial charge in [-0.15, -0.1) is 0 Å². The zero-order valence-corrected chi connectivity index (χ0v) is 12.1. The highest BCUT2D eigenvalue weighted by molar-refractivity contribution is 7.89. The number of rotatable bonds is 5. The average Bonchev–Trinajstić information content (AvgIpc) is 2.99. The predicted octanol–water partition coefficient (Wildman–Crippen LogP) is 1.15. The van der Waals surface area contributed by atoms with E-state index >= 15 is 0 Å². The topological polar surface area (TPSA) is 75.7 Å². The van der Waals surface area contributed by atoms with Crippen molar-refractivity contribution in [1.29, 1.82) is 0 Å². The van der Waals surface area contributed by atoms with Crippen LogP contribution in [0.25, 0.3) is 0 Å². The highest BCUT2D eigenvalue weighted by Gasteiger charge is 2.21. The molecule has 110 valence electrons. The molecule has 0 spiro atoms. The maximum Gasteiger partial charge on any atom is 0.277 e. The molecule has 0 radical (unpaired) electrons. The molecule has 1 aromatic carbocycles. The third-order valence-electron chi connectivity index (χ3n) is 2.93. The standard InChI is InChI=1S/C13H18N2O4S/c1-2-8-14-20(17,18)12-6-4-11(5-7-12)13(16)15-9-3-10-19-15/h4-7,14H,2-3,8-10H2,1H3. The minimum absolute atomic E-state index is 0.157. The number of hydrogen-bond acceptors (Lipinski definition) is 4. The van der Waals surface area contributed by atoms with Crippen molar-refractivity contribution in [3.05, 3.63) is 29.8 Å². The van der Waals surface area contributed by atoms with E-state index in [1.54, 1.807) is 0 Å². The van der Waals surface area contributed by atoms with E-state index in [1.165, 1.54) is 29.3 Å². The van der Waals surface area contributed by atoms with Gasteiger partial charge in [0.2, 0.25) is 10.0 Å². The molecule has 1 amide bonds. The Balaban J connectivity index is 2.11. The summed E-state index contributed by atoms with van der Waals surface area (Å²) in [6.45, 7) is 3.39. The van der Waals surface area contributed by atoms with Crippen LogP contribution in [-0.4, -0.2) is 39.1 Å². The van der Waals surface area contributed by atoms with Gasteiger partial charge in [-0.3, -0.25) is 9.63 Å². The van der Waals surface area contributed by atoms with Gasteiger partial charge in [-0.05, 0) is 37.1 Å². The summed E-state index contributed by atoms with van der Waals surface area (Å²) in [5.74, 6) is -0.243. The second-order valence-electron chi connectivity index (χ2n) is 4.52. The van der Waals surface area contributed by atoms with Gasteiger partial charge in [-0.2, -0.15) is 0 Å². The van der Waals surface area contributed by atoms with Crippen LogP contribution < -0.4 is 4.72 Å². The van der Waals surface area contributed by atoms with E-state index in [4.69, 9.17) is 4.84 Å². The minimum atomic E-state index is -3.49. The highest BCUT2D eigenvalue weighted by Crippen LogP contribution is 2.14. The number of benzene rings is 1. The Labute approximate surface area is 118 Å².